The van der Waals surface area contributed by atoms with Crippen LogP contribution in [-0.4, -0.2) is 30.2 Å². The summed E-state index contributed by atoms with van der Waals surface area (Å²) in [6.45, 7) is 3.21. The first-order valence-corrected chi connectivity index (χ1v) is 7.81. The molecule has 0 aliphatic carbocycles. The normalized spacial score (nSPS) is 25.3. The van der Waals surface area contributed by atoms with Crippen LogP contribution in [0.3, 0.4) is 0 Å². The molecule has 2 aromatic rings. The Labute approximate surface area is 124 Å². The second-order valence-corrected chi connectivity index (χ2v) is 6.31. The summed E-state index contributed by atoms with van der Waals surface area (Å²) in [7, 11) is 1.85. The van der Waals surface area contributed by atoms with Gasteiger partial charge in [-0.3, -0.25) is 4.79 Å². The van der Waals surface area contributed by atoms with E-state index >= 15 is 0 Å². The average Bonchev–Trinajstić information content (AvgIpc) is 2.94. The SMILES string of the molecule is Cn1c(=O)cc(N2CC3CCCNC3C2)c2ccccc21. The predicted molar refractivity (Wildman–Crippen MR) is 85.9 cm³/mol. The molecule has 2 atom stereocenters. The van der Waals surface area contributed by atoms with Crippen molar-refractivity contribution in [2.45, 2.75) is 18.9 Å². The summed E-state index contributed by atoms with van der Waals surface area (Å²) in [4.78, 5) is 14.6. The van der Waals surface area contributed by atoms with Crippen LogP contribution in [-0.2, 0) is 7.05 Å². The van der Waals surface area contributed by atoms with Gasteiger partial charge in [0.1, 0.15) is 0 Å². The van der Waals surface area contributed by atoms with Crippen molar-refractivity contribution in [3.63, 3.8) is 0 Å². The molecule has 2 fully saturated rings. The highest BCUT2D eigenvalue weighted by atomic mass is 16.1. The minimum absolute atomic E-state index is 0.0755. The van der Waals surface area contributed by atoms with Gasteiger partial charge in [0.05, 0.1) is 11.2 Å². The highest BCUT2D eigenvalue weighted by Crippen LogP contribution is 2.32. The third-order valence-electron chi connectivity index (χ3n) is 5.07. The fourth-order valence-corrected chi connectivity index (χ4v) is 3.90. The molecular formula is C17H21N3O. The molecular weight excluding hydrogens is 262 g/mol. The lowest BCUT2D eigenvalue weighted by Gasteiger charge is -2.24. The highest BCUT2D eigenvalue weighted by molar-refractivity contribution is 5.92. The van der Waals surface area contributed by atoms with Crippen LogP contribution in [0.4, 0.5) is 5.69 Å². The van der Waals surface area contributed by atoms with E-state index in [-0.39, 0.29) is 5.56 Å². The molecule has 4 nitrogen and oxygen atoms in total. The Morgan fingerprint density at radius 2 is 2.10 bits per heavy atom. The van der Waals surface area contributed by atoms with Gasteiger partial charge in [0.2, 0.25) is 0 Å². The summed E-state index contributed by atoms with van der Waals surface area (Å²) >= 11 is 0. The standard InChI is InChI=1S/C17H21N3O/c1-19-15-7-3-2-6-13(15)16(9-17(19)21)20-10-12-5-4-8-18-14(12)11-20/h2-3,6-7,9,12,14,18H,4-5,8,10-11H2,1H3. The van der Waals surface area contributed by atoms with Gasteiger partial charge in [0.25, 0.3) is 5.56 Å². The zero-order valence-electron chi connectivity index (χ0n) is 12.4. The van der Waals surface area contributed by atoms with Crippen LogP contribution in [0.1, 0.15) is 12.8 Å². The smallest absolute Gasteiger partial charge is 0.252 e. The molecule has 0 radical (unpaired) electrons. The van der Waals surface area contributed by atoms with Gasteiger partial charge in [0.15, 0.2) is 0 Å². The van der Waals surface area contributed by atoms with E-state index < -0.39 is 0 Å². The van der Waals surface area contributed by atoms with Gasteiger partial charge < -0.3 is 14.8 Å². The molecule has 4 rings (SSSR count). The quantitative estimate of drug-likeness (QED) is 0.866. The van der Waals surface area contributed by atoms with E-state index in [2.05, 4.69) is 22.3 Å². The van der Waals surface area contributed by atoms with Crippen molar-refractivity contribution >= 4 is 16.6 Å². The summed E-state index contributed by atoms with van der Waals surface area (Å²) < 4.78 is 1.74. The number of fused-ring (bicyclic) bond motifs is 2. The second kappa shape index (κ2) is 4.88. The van der Waals surface area contributed by atoms with E-state index in [1.165, 1.54) is 18.2 Å². The molecule has 110 valence electrons. The van der Waals surface area contributed by atoms with Gasteiger partial charge in [-0.25, -0.2) is 0 Å². The number of piperidine rings is 1. The fourth-order valence-electron chi connectivity index (χ4n) is 3.90. The Hall–Kier alpha value is -1.81. The lowest BCUT2D eigenvalue weighted by atomic mass is 9.94. The number of pyridine rings is 1. The Bertz CT molecular complexity index is 722. The van der Waals surface area contributed by atoms with Crippen molar-refractivity contribution in [1.29, 1.82) is 0 Å². The van der Waals surface area contributed by atoms with Crippen LogP contribution < -0.4 is 15.8 Å². The first-order valence-electron chi connectivity index (χ1n) is 7.81. The van der Waals surface area contributed by atoms with Gasteiger partial charge in [-0.05, 0) is 31.4 Å². The molecule has 2 saturated heterocycles. The largest absolute Gasteiger partial charge is 0.369 e. The molecule has 1 N–H and O–H groups in total. The molecule has 21 heavy (non-hydrogen) atoms. The van der Waals surface area contributed by atoms with Crippen molar-refractivity contribution in [3.05, 3.63) is 40.7 Å². The summed E-state index contributed by atoms with van der Waals surface area (Å²) in [6.07, 6.45) is 2.57. The third-order valence-corrected chi connectivity index (χ3v) is 5.07. The van der Waals surface area contributed by atoms with Crippen molar-refractivity contribution in [3.8, 4) is 0 Å². The number of hydrogen-bond donors (Lipinski definition) is 1. The van der Waals surface area contributed by atoms with Crippen LogP contribution in [0.25, 0.3) is 10.9 Å². The molecule has 1 aromatic carbocycles. The maximum atomic E-state index is 12.2. The van der Waals surface area contributed by atoms with Gasteiger partial charge in [-0.2, -0.15) is 0 Å². The Morgan fingerprint density at radius 3 is 2.95 bits per heavy atom. The Morgan fingerprint density at radius 1 is 1.24 bits per heavy atom. The van der Waals surface area contributed by atoms with Crippen LogP contribution >= 0.6 is 0 Å². The van der Waals surface area contributed by atoms with E-state index in [9.17, 15) is 4.79 Å². The molecule has 1 aromatic heterocycles. The number of nitrogens with zero attached hydrogens (tertiary/aromatic N) is 2. The average molecular weight is 283 g/mol. The van der Waals surface area contributed by atoms with E-state index in [0.29, 0.717) is 6.04 Å². The summed E-state index contributed by atoms with van der Waals surface area (Å²) in [5.74, 6) is 0.724. The molecule has 0 saturated carbocycles. The minimum atomic E-state index is 0.0755. The van der Waals surface area contributed by atoms with Crippen LogP contribution in [0.15, 0.2) is 35.1 Å². The summed E-state index contributed by atoms with van der Waals surface area (Å²) in [5, 5.41) is 4.81. The number of rotatable bonds is 1. The number of para-hydroxylation sites is 1. The number of hydrogen-bond acceptors (Lipinski definition) is 3. The monoisotopic (exact) mass is 283 g/mol. The van der Waals surface area contributed by atoms with E-state index in [0.717, 1.165) is 36.8 Å². The van der Waals surface area contributed by atoms with Crippen LogP contribution in [0, 0.1) is 5.92 Å². The van der Waals surface area contributed by atoms with Gasteiger partial charge in [-0.15, -0.1) is 0 Å². The van der Waals surface area contributed by atoms with Gasteiger partial charge in [0, 0.05) is 37.6 Å². The molecule has 2 unspecified atom stereocenters. The number of nitrogens with one attached hydrogen (secondary N) is 1. The summed E-state index contributed by atoms with van der Waals surface area (Å²) in [6, 6.07) is 10.6. The molecule has 0 spiro atoms. The van der Waals surface area contributed by atoms with Gasteiger partial charge in [-0.1, -0.05) is 18.2 Å². The van der Waals surface area contributed by atoms with Crippen LogP contribution in [0.5, 0.6) is 0 Å². The minimum Gasteiger partial charge on any atom is -0.369 e. The topological polar surface area (TPSA) is 37.3 Å². The lowest BCUT2D eigenvalue weighted by Crippen LogP contribution is -2.40. The molecule has 2 aliphatic rings. The maximum absolute atomic E-state index is 12.2. The number of anilines is 1. The third kappa shape index (κ3) is 2.05. The van der Waals surface area contributed by atoms with Gasteiger partial charge >= 0.3 is 0 Å². The Kier molecular flexibility index (Phi) is 3.00. The van der Waals surface area contributed by atoms with Crippen molar-refractivity contribution in [2.24, 2.45) is 13.0 Å². The van der Waals surface area contributed by atoms with E-state index in [1.54, 1.807) is 10.6 Å². The first kappa shape index (κ1) is 12.9. The number of aryl methyl sites for hydroxylation is 1. The van der Waals surface area contributed by atoms with Crippen molar-refractivity contribution in [1.82, 2.24) is 9.88 Å². The van der Waals surface area contributed by atoms with Crippen molar-refractivity contribution in [2.75, 3.05) is 24.5 Å². The first-order chi connectivity index (χ1) is 10.2. The van der Waals surface area contributed by atoms with Crippen LogP contribution in [0.2, 0.25) is 0 Å². The summed E-state index contributed by atoms with van der Waals surface area (Å²) in [5.41, 5.74) is 2.19. The Balaban J connectivity index is 1.80. The van der Waals surface area contributed by atoms with E-state index in [4.69, 9.17) is 0 Å². The molecule has 4 heteroatoms. The zero-order chi connectivity index (χ0) is 14.4. The number of benzene rings is 1. The zero-order valence-corrected chi connectivity index (χ0v) is 12.4. The molecule has 0 amide bonds. The number of aromatic nitrogens is 1. The fraction of sp³-hybridized carbons (Fsp3) is 0.471. The maximum Gasteiger partial charge on any atom is 0.252 e. The highest BCUT2D eigenvalue weighted by Gasteiger charge is 2.34. The predicted octanol–water partition coefficient (Wildman–Crippen LogP) is 1.73. The molecule has 2 aliphatic heterocycles. The van der Waals surface area contributed by atoms with Crippen molar-refractivity contribution < 1.29 is 0 Å². The van der Waals surface area contributed by atoms with E-state index in [1.807, 2.05) is 19.2 Å². The lowest BCUT2D eigenvalue weighted by molar-refractivity contribution is 0.340. The molecule has 0 bridgehead atoms. The molecule has 3 heterocycles. The second-order valence-electron chi connectivity index (χ2n) is 6.31.